The molecule has 1 heterocycles. The number of carbonyl (C=O) groups excluding carboxylic acids is 1. The van der Waals surface area contributed by atoms with E-state index in [2.05, 4.69) is 6.92 Å². The van der Waals surface area contributed by atoms with Gasteiger partial charge in [-0.2, -0.15) is 0 Å². The predicted molar refractivity (Wildman–Crippen MR) is 131 cm³/mol. The second kappa shape index (κ2) is 9.69. The molecule has 4 aromatic rings. The number of fused-ring (bicyclic) bond motifs is 1. The highest BCUT2D eigenvalue weighted by Crippen LogP contribution is 2.35. The highest BCUT2D eigenvalue weighted by Gasteiger charge is 2.23. The summed E-state index contributed by atoms with van der Waals surface area (Å²) in [4.78, 5) is 13.5. The van der Waals surface area contributed by atoms with Gasteiger partial charge in [-0.3, -0.25) is 4.79 Å². The number of phenols is 1. The summed E-state index contributed by atoms with van der Waals surface area (Å²) < 4.78 is 12.1. The van der Waals surface area contributed by atoms with Crippen molar-refractivity contribution in [2.24, 2.45) is 0 Å². The van der Waals surface area contributed by atoms with Gasteiger partial charge in [0.05, 0.1) is 16.9 Å². The van der Waals surface area contributed by atoms with E-state index in [0.717, 1.165) is 24.8 Å². The van der Waals surface area contributed by atoms with Gasteiger partial charge < -0.3 is 25.7 Å². The number of aryl methyl sites for hydroxylation is 1. The van der Waals surface area contributed by atoms with Gasteiger partial charge in [-0.05, 0) is 36.2 Å². The quantitative estimate of drug-likeness (QED) is 0.129. The third-order valence-corrected chi connectivity index (χ3v) is 5.65. The maximum Gasteiger partial charge on any atom is 0.197 e. The first-order chi connectivity index (χ1) is 16.0. The maximum atomic E-state index is 13.5. The first kappa shape index (κ1) is 22.3. The fourth-order valence-corrected chi connectivity index (χ4v) is 3.87. The number of nitrogen functional groups attached to an aromatic ring is 2. The molecule has 5 N–H and O–H groups in total. The fraction of sp³-hybridized carbons (Fsp3) is 0.222. The molecule has 4 rings (SSSR count). The molecule has 0 saturated carbocycles. The van der Waals surface area contributed by atoms with Crippen LogP contribution in [0.2, 0.25) is 0 Å². The van der Waals surface area contributed by atoms with Crippen molar-refractivity contribution < 1.29 is 19.1 Å². The van der Waals surface area contributed by atoms with Crippen molar-refractivity contribution in [2.45, 2.75) is 39.2 Å². The predicted octanol–water partition coefficient (Wildman–Crippen LogP) is 5.85. The van der Waals surface area contributed by atoms with Crippen LogP contribution in [-0.2, 0) is 13.0 Å². The van der Waals surface area contributed by atoms with E-state index >= 15 is 0 Å². The van der Waals surface area contributed by atoms with E-state index in [1.165, 1.54) is 12.1 Å². The number of unbranched alkanes of at least 4 members (excludes halogenated alkanes) is 2. The zero-order chi connectivity index (χ0) is 23.4. The minimum absolute atomic E-state index is 0.0651. The van der Waals surface area contributed by atoms with Gasteiger partial charge in [0.2, 0.25) is 0 Å². The molecule has 0 aliphatic carbocycles. The van der Waals surface area contributed by atoms with Crippen molar-refractivity contribution in [3.05, 3.63) is 83.1 Å². The third-order valence-electron chi connectivity index (χ3n) is 5.65. The van der Waals surface area contributed by atoms with Crippen LogP contribution < -0.4 is 16.2 Å². The van der Waals surface area contributed by atoms with Crippen molar-refractivity contribution in [1.82, 2.24) is 0 Å². The molecule has 0 saturated heterocycles. The van der Waals surface area contributed by atoms with Gasteiger partial charge >= 0.3 is 0 Å². The van der Waals surface area contributed by atoms with Crippen molar-refractivity contribution in [2.75, 3.05) is 11.5 Å². The number of anilines is 2. The molecule has 0 unspecified atom stereocenters. The lowest BCUT2D eigenvalue weighted by atomic mass is 9.97. The molecule has 6 heteroatoms. The summed E-state index contributed by atoms with van der Waals surface area (Å²) >= 11 is 0. The van der Waals surface area contributed by atoms with Crippen LogP contribution >= 0.6 is 0 Å². The lowest BCUT2D eigenvalue weighted by Crippen LogP contribution is -2.06. The van der Waals surface area contributed by atoms with Gasteiger partial charge in [0.15, 0.2) is 11.5 Å². The first-order valence-corrected chi connectivity index (χ1v) is 11.1. The molecule has 3 aromatic carbocycles. The number of carbonyl (C=O) groups is 1. The third kappa shape index (κ3) is 4.80. The molecule has 170 valence electrons. The second-order valence-electron chi connectivity index (χ2n) is 8.12. The summed E-state index contributed by atoms with van der Waals surface area (Å²) in [5.74, 6) is 0.842. The minimum atomic E-state index is -0.239. The number of rotatable bonds is 9. The van der Waals surface area contributed by atoms with Crippen LogP contribution in [0.3, 0.4) is 0 Å². The molecule has 0 radical (unpaired) electrons. The molecule has 0 bridgehead atoms. The van der Waals surface area contributed by atoms with Crippen molar-refractivity contribution in [1.29, 1.82) is 0 Å². The van der Waals surface area contributed by atoms with Crippen molar-refractivity contribution in [3.8, 4) is 11.5 Å². The summed E-state index contributed by atoms with van der Waals surface area (Å²) in [6.45, 7) is 2.57. The normalized spacial score (nSPS) is 11.1. The van der Waals surface area contributed by atoms with Gasteiger partial charge in [0, 0.05) is 23.4 Å². The van der Waals surface area contributed by atoms with Gasteiger partial charge in [0.25, 0.3) is 0 Å². The number of phenolic OH excluding ortho intramolecular Hbond substituents is 1. The number of aromatic hydroxyl groups is 1. The largest absolute Gasteiger partial charge is 0.504 e. The Labute approximate surface area is 192 Å². The highest BCUT2D eigenvalue weighted by atomic mass is 16.5. The smallest absolute Gasteiger partial charge is 0.197 e. The molecule has 33 heavy (non-hydrogen) atoms. The monoisotopic (exact) mass is 444 g/mol. The summed E-state index contributed by atoms with van der Waals surface area (Å²) in [6.07, 6.45) is 3.65. The Morgan fingerprint density at radius 3 is 2.42 bits per heavy atom. The zero-order valence-electron chi connectivity index (χ0n) is 18.6. The van der Waals surface area contributed by atoms with Crippen LogP contribution in [0, 0.1) is 0 Å². The van der Waals surface area contributed by atoms with Gasteiger partial charge in [-0.25, -0.2) is 0 Å². The van der Waals surface area contributed by atoms with E-state index in [-0.39, 0.29) is 22.9 Å². The molecule has 1 aromatic heterocycles. The summed E-state index contributed by atoms with van der Waals surface area (Å²) in [5.41, 5.74) is 14.3. The average Bonchev–Trinajstić information content (AvgIpc) is 3.18. The number of ketones is 1. The van der Waals surface area contributed by atoms with Gasteiger partial charge in [0.1, 0.15) is 23.7 Å². The molecule has 0 aliphatic heterocycles. The van der Waals surface area contributed by atoms with E-state index in [4.69, 9.17) is 20.6 Å². The Morgan fingerprint density at radius 2 is 1.73 bits per heavy atom. The van der Waals surface area contributed by atoms with Crippen molar-refractivity contribution in [3.63, 3.8) is 0 Å². The average molecular weight is 445 g/mol. The molecule has 0 aliphatic rings. The Morgan fingerprint density at radius 1 is 1.00 bits per heavy atom. The SMILES string of the molecule is CCCCCc1oc2cc(OCc3ccccc3)ccc2c1C(=O)c1cc(N)c(O)c(N)c1. The van der Waals surface area contributed by atoms with Crippen molar-refractivity contribution >= 4 is 28.1 Å². The molecular formula is C27H28N2O4. The lowest BCUT2D eigenvalue weighted by Gasteiger charge is -2.08. The minimum Gasteiger partial charge on any atom is -0.504 e. The van der Waals surface area contributed by atoms with E-state index < -0.39 is 0 Å². The molecule has 6 nitrogen and oxygen atoms in total. The number of nitrogens with two attached hydrogens (primary N) is 2. The van der Waals surface area contributed by atoms with E-state index in [0.29, 0.717) is 46.6 Å². The number of benzene rings is 3. The molecule has 0 atom stereocenters. The number of furan rings is 1. The number of hydrogen-bond acceptors (Lipinski definition) is 6. The Kier molecular flexibility index (Phi) is 6.54. The van der Waals surface area contributed by atoms with E-state index in [9.17, 15) is 9.90 Å². The van der Waals surface area contributed by atoms with Crippen LogP contribution in [0.15, 0.2) is 65.1 Å². The zero-order valence-corrected chi connectivity index (χ0v) is 18.6. The summed E-state index contributed by atoms with van der Waals surface area (Å²) in [7, 11) is 0. The topological polar surface area (TPSA) is 112 Å². The Hall–Kier alpha value is -3.93. The molecule has 0 amide bonds. The molecule has 0 spiro atoms. The van der Waals surface area contributed by atoms with Crippen LogP contribution in [0.25, 0.3) is 11.0 Å². The summed E-state index contributed by atoms with van der Waals surface area (Å²) in [6, 6.07) is 18.3. The standard InChI is InChI=1S/C27H28N2O4/c1-2-3-5-10-23-25(26(30)18-13-21(28)27(31)22(29)14-18)20-12-11-19(15-24(20)33-23)32-16-17-8-6-4-7-9-17/h4,6-9,11-15,31H,2-3,5,10,16,28-29H2,1H3. The molecule has 0 fully saturated rings. The Bertz CT molecular complexity index is 1260. The lowest BCUT2D eigenvalue weighted by molar-refractivity contribution is 0.103. The van der Waals surface area contributed by atoms with Gasteiger partial charge in [-0.15, -0.1) is 0 Å². The molecular weight excluding hydrogens is 416 g/mol. The van der Waals surface area contributed by atoms with Crippen LogP contribution in [-0.4, -0.2) is 10.9 Å². The Balaban J connectivity index is 1.70. The van der Waals surface area contributed by atoms with Crippen LogP contribution in [0.1, 0.15) is 53.4 Å². The number of hydrogen-bond donors (Lipinski definition) is 3. The number of ether oxygens (including phenoxy) is 1. The van der Waals surface area contributed by atoms with Crippen LogP contribution in [0.5, 0.6) is 11.5 Å². The van der Waals surface area contributed by atoms with E-state index in [1.54, 1.807) is 0 Å². The van der Waals surface area contributed by atoms with Gasteiger partial charge in [-0.1, -0.05) is 50.1 Å². The fourth-order valence-electron chi connectivity index (χ4n) is 3.87. The van der Waals surface area contributed by atoms with Crippen LogP contribution in [0.4, 0.5) is 11.4 Å². The second-order valence-corrected chi connectivity index (χ2v) is 8.12. The highest BCUT2D eigenvalue weighted by molar-refractivity contribution is 6.17. The first-order valence-electron chi connectivity index (χ1n) is 11.1. The maximum absolute atomic E-state index is 13.5. The van der Waals surface area contributed by atoms with E-state index in [1.807, 2.05) is 48.5 Å². The summed E-state index contributed by atoms with van der Waals surface area (Å²) in [5, 5.41) is 10.6.